The first-order valence-electron chi connectivity index (χ1n) is 7.33. The van der Waals surface area contributed by atoms with Gasteiger partial charge in [0, 0.05) is 5.56 Å². The molecule has 0 fully saturated rings. The number of pyridine rings is 1. The van der Waals surface area contributed by atoms with Crippen LogP contribution in [0.15, 0.2) is 42.6 Å². The smallest absolute Gasteiger partial charge is 0.145 e. The largest absolute Gasteiger partial charge is 0.455 e. The number of aliphatic hydroxyl groups excluding tert-OH is 1. The number of para-hydroxylation sites is 1. The Balaban J connectivity index is 2.23. The van der Waals surface area contributed by atoms with Gasteiger partial charge in [-0.3, -0.25) is 4.98 Å². The highest BCUT2D eigenvalue weighted by Gasteiger charge is 2.18. The van der Waals surface area contributed by atoms with Crippen molar-refractivity contribution in [1.82, 2.24) is 4.98 Å². The van der Waals surface area contributed by atoms with Gasteiger partial charge in [0.05, 0.1) is 18.0 Å². The molecule has 21 heavy (non-hydrogen) atoms. The van der Waals surface area contributed by atoms with Gasteiger partial charge in [0.2, 0.25) is 0 Å². The molecule has 0 aliphatic rings. The van der Waals surface area contributed by atoms with Gasteiger partial charge in [-0.1, -0.05) is 45.9 Å². The first kappa shape index (κ1) is 15.5. The molecule has 0 saturated heterocycles. The molecule has 112 valence electrons. The molecule has 3 nitrogen and oxygen atoms in total. The van der Waals surface area contributed by atoms with Crippen LogP contribution in [0, 0.1) is 0 Å². The lowest BCUT2D eigenvalue weighted by Gasteiger charge is -2.22. The Labute approximate surface area is 126 Å². The summed E-state index contributed by atoms with van der Waals surface area (Å²) < 4.78 is 5.96. The van der Waals surface area contributed by atoms with Crippen LogP contribution in [0.5, 0.6) is 11.5 Å². The maximum Gasteiger partial charge on any atom is 0.145 e. The van der Waals surface area contributed by atoms with Gasteiger partial charge in [0.1, 0.15) is 11.5 Å². The van der Waals surface area contributed by atoms with Crippen LogP contribution >= 0.6 is 0 Å². The van der Waals surface area contributed by atoms with E-state index in [9.17, 15) is 5.11 Å². The van der Waals surface area contributed by atoms with Gasteiger partial charge >= 0.3 is 0 Å². The fourth-order valence-corrected chi connectivity index (χ4v) is 2.16. The van der Waals surface area contributed by atoms with Crippen molar-refractivity contribution in [2.24, 2.45) is 0 Å². The summed E-state index contributed by atoms with van der Waals surface area (Å²) in [6.07, 6.45) is 1.80. The van der Waals surface area contributed by atoms with Crippen molar-refractivity contribution in [1.29, 1.82) is 0 Å². The predicted octanol–water partition coefficient (Wildman–Crippen LogP) is 4.61. The quantitative estimate of drug-likeness (QED) is 0.891. The van der Waals surface area contributed by atoms with E-state index in [2.05, 4.69) is 31.8 Å². The molecule has 1 atom stereocenters. The number of hydrogen-bond acceptors (Lipinski definition) is 3. The number of ether oxygens (including phenoxy) is 1. The normalized spacial score (nSPS) is 13.0. The van der Waals surface area contributed by atoms with E-state index in [0.717, 1.165) is 11.3 Å². The second-order valence-corrected chi connectivity index (χ2v) is 6.19. The summed E-state index contributed by atoms with van der Waals surface area (Å²) in [4.78, 5) is 4.26. The van der Waals surface area contributed by atoms with Crippen LogP contribution in [0.4, 0.5) is 0 Å². The van der Waals surface area contributed by atoms with Crippen molar-refractivity contribution >= 4 is 0 Å². The van der Waals surface area contributed by atoms with Crippen LogP contribution in [-0.2, 0) is 5.41 Å². The van der Waals surface area contributed by atoms with Crippen LogP contribution in [0.3, 0.4) is 0 Å². The number of aliphatic hydroxyl groups is 1. The summed E-state index contributed by atoms with van der Waals surface area (Å²) in [5.74, 6) is 1.52. The van der Waals surface area contributed by atoms with Crippen molar-refractivity contribution in [2.75, 3.05) is 0 Å². The molecule has 0 aliphatic heterocycles. The highest BCUT2D eigenvalue weighted by atomic mass is 16.5. The van der Waals surface area contributed by atoms with E-state index in [0.29, 0.717) is 17.9 Å². The summed E-state index contributed by atoms with van der Waals surface area (Å²) in [5.41, 5.74) is 1.85. The summed E-state index contributed by atoms with van der Waals surface area (Å²) in [6, 6.07) is 11.7. The van der Waals surface area contributed by atoms with Gasteiger partial charge in [-0.05, 0) is 30.0 Å². The second-order valence-electron chi connectivity index (χ2n) is 6.19. The third-order valence-electron chi connectivity index (χ3n) is 3.41. The molecule has 0 saturated carbocycles. The molecule has 1 aromatic carbocycles. The highest BCUT2D eigenvalue weighted by molar-refractivity contribution is 5.41. The Morgan fingerprint density at radius 3 is 2.43 bits per heavy atom. The molecule has 0 radical (unpaired) electrons. The monoisotopic (exact) mass is 285 g/mol. The lowest BCUT2D eigenvalue weighted by Crippen LogP contribution is -2.12. The summed E-state index contributed by atoms with van der Waals surface area (Å²) in [6.45, 7) is 8.41. The van der Waals surface area contributed by atoms with E-state index in [1.54, 1.807) is 6.20 Å². The first-order valence-corrected chi connectivity index (χ1v) is 7.33. The van der Waals surface area contributed by atoms with Gasteiger partial charge < -0.3 is 9.84 Å². The van der Waals surface area contributed by atoms with Crippen LogP contribution in [-0.4, -0.2) is 10.1 Å². The third-order valence-corrected chi connectivity index (χ3v) is 3.41. The number of nitrogens with zero attached hydrogens (tertiary/aromatic N) is 1. The van der Waals surface area contributed by atoms with Crippen molar-refractivity contribution in [3.05, 3.63) is 53.9 Å². The Morgan fingerprint density at radius 1 is 1.14 bits per heavy atom. The second kappa shape index (κ2) is 6.27. The molecular formula is C18H23NO2. The number of aromatic nitrogens is 1. The molecule has 0 spiro atoms. The molecule has 3 heteroatoms. The molecule has 2 aromatic rings. The minimum absolute atomic E-state index is 0.0162. The van der Waals surface area contributed by atoms with Crippen LogP contribution in [0.25, 0.3) is 0 Å². The maximum absolute atomic E-state index is 9.76. The molecule has 0 aliphatic carbocycles. The Hall–Kier alpha value is -1.87. The topological polar surface area (TPSA) is 42.4 Å². The van der Waals surface area contributed by atoms with Crippen LogP contribution in [0.1, 0.15) is 51.5 Å². The van der Waals surface area contributed by atoms with Crippen LogP contribution in [0.2, 0.25) is 0 Å². The molecule has 1 N–H and O–H groups in total. The molecule has 1 aromatic heterocycles. The van der Waals surface area contributed by atoms with Gasteiger partial charge in [-0.15, -0.1) is 0 Å². The van der Waals surface area contributed by atoms with Gasteiger partial charge in [0.25, 0.3) is 0 Å². The highest BCUT2D eigenvalue weighted by Crippen LogP contribution is 2.33. The Bertz CT molecular complexity index is 585. The first-order chi connectivity index (χ1) is 9.91. The molecule has 2 rings (SSSR count). The fraction of sp³-hybridized carbons (Fsp3) is 0.389. The van der Waals surface area contributed by atoms with Crippen molar-refractivity contribution in [2.45, 2.75) is 45.6 Å². The average molecular weight is 285 g/mol. The summed E-state index contributed by atoms with van der Waals surface area (Å²) in [5, 5.41) is 9.76. The van der Waals surface area contributed by atoms with E-state index in [-0.39, 0.29) is 5.41 Å². The number of benzene rings is 1. The summed E-state index contributed by atoms with van der Waals surface area (Å²) >= 11 is 0. The lowest BCUT2D eigenvalue weighted by atomic mass is 9.86. The van der Waals surface area contributed by atoms with E-state index in [4.69, 9.17) is 4.74 Å². The van der Waals surface area contributed by atoms with Crippen molar-refractivity contribution < 1.29 is 9.84 Å². The molecule has 0 unspecified atom stereocenters. The molecular weight excluding hydrogens is 262 g/mol. The van der Waals surface area contributed by atoms with E-state index >= 15 is 0 Å². The average Bonchev–Trinajstić information content (AvgIpc) is 2.47. The standard InChI is InChI=1S/C18H23NO2/c1-5-16(20)15-11-10-13(12-19-15)21-17-9-7-6-8-14(17)18(2,3)4/h6-12,16,20H,5H2,1-4H3/t16-/m0/s1. The zero-order valence-corrected chi connectivity index (χ0v) is 13.1. The Morgan fingerprint density at radius 2 is 1.86 bits per heavy atom. The number of hydrogen-bond donors (Lipinski definition) is 1. The minimum atomic E-state index is -0.513. The maximum atomic E-state index is 9.76. The van der Waals surface area contributed by atoms with Gasteiger partial charge in [-0.2, -0.15) is 0 Å². The van der Waals surface area contributed by atoms with Gasteiger partial charge in [-0.25, -0.2) is 0 Å². The SMILES string of the molecule is CC[C@H](O)c1ccc(Oc2ccccc2C(C)(C)C)cn1. The van der Waals surface area contributed by atoms with Crippen molar-refractivity contribution in [3.63, 3.8) is 0 Å². The van der Waals surface area contributed by atoms with E-state index in [1.807, 2.05) is 37.3 Å². The molecule has 0 bridgehead atoms. The van der Waals surface area contributed by atoms with Gasteiger partial charge in [0.15, 0.2) is 0 Å². The third kappa shape index (κ3) is 3.82. The number of rotatable bonds is 4. The summed E-state index contributed by atoms with van der Waals surface area (Å²) in [7, 11) is 0. The zero-order chi connectivity index (χ0) is 15.5. The van der Waals surface area contributed by atoms with Crippen molar-refractivity contribution in [3.8, 4) is 11.5 Å². The molecule has 0 amide bonds. The van der Waals surface area contributed by atoms with E-state index in [1.165, 1.54) is 0 Å². The van der Waals surface area contributed by atoms with E-state index < -0.39 is 6.10 Å². The van der Waals surface area contributed by atoms with Crippen LogP contribution < -0.4 is 4.74 Å². The zero-order valence-electron chi connectivity index (χ0n) is 13.1. The fourth-order valence-electron chi connectivity index (χ4n) is 2.16. The molecule has 1 heterocycles. The predicted molar refractivity (Wildman–Crippen MR) is 84.7 cm³/mol. The minimum Gasteiger partial charge on any atom is -0.455 e. The lowest BCUT2D eigenvalue weighted by molar-refractivity contribution is 0.169. The Kier molecular flexibility index (Phi) is 4.63.